The van der Waals surface area contributed by atoms with E-state index in [2.05, 4.69) is 20.6 Å². The molecule has 0 fully saturated rings. The number of anilines is 3. The highest BCUT2D eigenvalue weighted by Crippen LogP contribution is 2.32. The summed E-state index contributed by atoms with van der Waals surface area (Å²) in [7, 11) is 0. The molecule has 1 aliphatic heterocycles. The quantitative estimate of drug-likeness (QED) is 0.687. The van der Waals surface area contributed by atoms with Crippen LogP contribution in [0.1, 0.15) is 16.3 Å². The molecule has 0 bridgehead atoms. The number of benzene rings is 2. The van der Waals surface area contributed by atoms with E-state index in [9.17, 15) is 4.79 Å². The number of carbonyl (C=O) groups excluding carboxylic acids is 1. The zero-order valence-electron chi connectivity index (χ0n) is 15.0. The van der Waals surface area contributed by atoms with Gasteiger partial charge in [-0.15, -0.1) is 0 Å². The van der Waals surface area contributed by atoms with Gasteiger partial charge in [0.2, 0.25) is 0 Å². The van der Waals surface area contributed by atoms with Crippen molar-refractivity contribution in [3.63, 3.8) is 0 Å². The molecular weight excluding hydrogens is 380 g/mol. The molecule has 1 aromatic heterocycles. The predicted molar refractivity (Wildman–Crippen MR) is 107 cm³/mol. The van der Waals surface area contributed by atoms with Crippen LogP contribution in [-0.2, 0) is 0 Å². The molecule has 2 N–H and O–H groups in total. The molecule has 0 unspecified atom stereocenters. The molecule has 2 heterocycles. The fraction of sp³-hybridized carbons (Fsp3) is 0.150. The maximum atomic E-state index is 12.7. The molecule has 142 valence electrons. The number of amides is 1. The number of hydrogen-bond acceptors (Lipinski definition) is 6. The molecule has 3 aromatic rings. The summed E-state index contributed by atoms with van der Waals surface area (Å²) in [6.07, 6.45) is 0. The third-order valence-electron chi connectivity index (χ3n) is 3.99. The third-order valence-corrected chi connectivity index (χ3v) is 4.24. The summed E-state index contributed by atoms with van der Waals surface area (Å²) in [5.74, 6) is 1.92. The van der Waals surface area contributed by atoms with Gasteiger partial charge in [-0.3, -0.25) is 4.79 Å². The van der Waals surface area contributed by atoms with Gasteiger partial charge in [0.1, 0.15) is 30.5 Å². The summed E-state index contributed by atoms with van der Waals surface area (Å²) >= 11 is 5.90. The highest BCUT2D eigenvalue weighted by atomic mass is 35.5. The summed E-state index contributed by atoms with van der Waals surface area (Å²) in [6, 6.07) is 14.0. The molecule has 28 heavy (non-hydrogen) atoms. The van der Waals surface area contributed by atoms with Crippen molar-refractivity contribution in [3.8, 4) is 11.5 Å². The number of aryl methyl sites for hydroxylation is 1. The van der Waals surface area contributed by atoms with Crippen molar-refractivity contribution in [2.75, 3.05) is 23.8 Å². The normalized spacial score (nSPS) is 12.4. The van der Waals surface area contributed by atoms with E-state index in [4.69, 9.17) is 21.1 Å². The lowest BCUT2D eigenvalue weighted by Gasteiger charge is -2.19. The second-order valence-electron chi connectivity index (χ2n) is 6.13. The topological polar surface area (TPSA) is 85.4 Å². The number of nitrogens with one attached hydrogen (secondary N) is 2. The van der Waals surface area contributed by atoms with Crippen molar-refractivity contribution >= 4 is 34.7 Å². The van der Waals surface area contributed by atoms with Gasteiger partial charge in [0.15, 0.2) is 11.5 Å². The summed E-state index contributed by atoms with van der Waals surface area (Å²) in [5.41, 5.74) is 1.65. The third kappa shape index (κ3) is 4.15. The molecule has 1 aliphatic rings. The first-order valence-electron chi connectivity index (χ1n) is 8.66. The Morgan fingerprint density at radius 3 is 2.46 bits per heavy atom. The average Bonchev–Trinajstić information content (AvgIpc) is 2.69. The Morgan fingerprint density at radius 1 is 0.964 bits per heavy atom. The number of carbonyl (C=O) groups is 1. The van der Waals surface area contributed by atoms with Crippen LogP contribution in [0.2, 0.25) is 5.02 Å². The Hall–Kier alpha value is -3.32. The minimum Gasteiger partial charge on any atom is -0.486 e. The Bertz CT molecular complexity index is 1020. The highest BCUT2D eigenvalue weighted by molar-refractivity contribution is 6.30. The van der Waals surface area contributed by atoms with Crippen molar-refractivity contribution in [1.82, 2.24) is 9.97 Å². The standard InChI is InChI=1S/C20H17ClN4O3/c1-12-22-16(11-19(23-12)24-14-4-2-13(21)3-5-14)20(26)25-15-6-7-17-18(10-15)28-9-8-27-17/h2-7,10-11H,8-9H2,1H3,(H,25,26)(H,22,23,24). The van der Waals surface area contributed by atoms with Gasteiger partial charge in [0.25, 0.3) is 5.91 Å². The van der Waals surface area contributed by atoms with Gasteiger partial charge in [-0.2, -0.15) is 0 Å². The van der Waals surface area contributed by atoms with E-state index in [-0.39, 0.29) is 11.6 Å². The Labute approximate surface area is 166 Å². The van der Waals surface area contributed by atoms with Gasteiger partial charge in [-0.1, -0.05) is 11.6 Å². The SMILES string of the molecule is Cc1nc(Nc2ccc(Cl)cc2)cc(C(=O)Nc2ccc3c(c2)OCCO3)n1. The fourth-order valence-electron chi connectivity index (χ4n) is 2.75. The number of ether oxygens (including phenoxy) is 2. The zero-order chi connectivity index (χ0) is 19.5. The molecule has 1 amide bonds. The van der Waals surface area contributed by atoms with Crippen LogP contribution in [0.5, 0.6) is 11.5 Å². The molecule has 8 heteroatoms. The number of fused-ring (bicyclic) bond motifs is 1. The van der Waals surface area contributed by atoms with E-state index < -0.39 is 0 Å². The first-order valence-corrected chi connectivity index (χ1v) is 9.04. The van der Waals surface area contributed by atoms with E-state index in [1.165, 1.54) is 0 Å². The molecule has 0 spiro atoms. The molecule has 0 atom stereocenters. The van der Waals surface area contributed by atoms with Crippen LogP contribution in [0.15, 0.2) is 48.5 Å². The van der Waals surface area contributed by atoms with Crippen LogP contribution in [0.3, 0.4) is 0 Å². The molecule has 7 nitrogen and oxygen atoms in total. The van der Waals surface area contributed by atoms with E-state index in [1.54, 1.807) is 43.3 Å². The molecule has 2 aromatic carbocycles. The molecule has 0 aliphatic carbocycles. The minimum atomic E-state index is -0.346. The van der Waals surface area contributed by atoms with Crippen molar-refractivity contribution in [2.24, 2.45) is 0 Å². The van der Waals surface area contributed by atoms with Gasteiger partial charge in [0, 0.05) is 28.5 Å². The van der Waals surface area contributed by atoms with Crippen LogP contribution in [0, 0.1) is 6.92 Å². The van der Waals surface area contributed by atoms with Crippen LogP contribution < -0.4 is 20.1 Å². The molecular formula is C20H17ClN4O3. The summed E-state index contributed by atoms with van der Waals surface area (Å²) in [6.45, 7) is 2.73. The number of hydrogen-bond donors (Lipinski definition) is 2. The number of aromatic nitrogens is 2. The van der Waals surface area contributed by atoms with E-state index >= 15 is 0 Å². The van der Waals surface area contributed by atoms with Gasteiger partial charge in [0.05, 0.1) is 0 Å². The van der Waals surface area contributed by atoms with Crippen LogP contribution in [-0.4, -0.2) is 29.1 Å². The van der Waals surface area contributed by atoms with Crippen molar-refractivity contribution in [3.05, 3.63) is 65.1 Å². The monoisotopic (exact) mass is 396 g/mol. The van der Waals surface area contributed by atoms with Gasteiger partial charge in [-0.25, -0.2) is 9.97 Å². The molecule has 0 radical (unpaired) electrons. The Morgan fingerprint density at radius 2 is 1.68 bits per heavy atom. The van der Waals surface area contributed by atoms with Crippen molar-refractivity contribution < 1.29 is 14.3 Å². The van der Waals surface area contributed by atoms with E-state index in [1.807, 2.05) is 12.1 Å². The second-order valence-corrected chi connectivity index (χ2v) is 6.57. The van der Waals surface area contributed by atoms with E-state index in [0.29, 0.717) is 47.1 Å². The number of rotatable bonds is 4. The minimum absolute atomic E-state index is 0.249. The Kier molecular flexibility index (Phi) is 4.99. The number of nitrogens with zero attached hydrogens (tertiary/aromatic N) is 2. The molecule has 0 saturated heterocycles. The second kappa shape index (κ2) is 7.74. The van der Waals surface area contributed by atoms with Crippen molar-refractivity contribution in [2.45, 2.75) is 6.92 Å². The lowest BCUT2D eigenvalue weighted by molar-refractivity contribution is 0.102. The van der Waals surface area contributed by atoms with Crippen molar-refractivity contribution in [1.29, 1.82) is 0 Å². The van der Waals surface area contributed by atoms with Crippen LogP contribution in [0.25, 0.3) is 0 Å². The largest absolute Gasteiger partial charge is 0.486 e. The lowest BCUT2D eigenvalue weighted by Crippen LogP contribution is -2.17. The predicted octanol–water partition coefficient (Wildman–Crippen LogP) is 4.21. The van der Waals surface area contributed by atoms with E-state index in [0.717, 1.165) is 5.69 Å². The highest BCUT2D eigenvalue weighted by Gasteiger charge is 2.15. The first kappa shape index (κ1) is 18.1. The molecule has 4 rings (SSSR count). The fourth-order valence-corrected chi connectivity index (χ4v) is 2.87. The maximum Gasteiger partial charge on any atom is 0.274 e. The lowest BCUT2D eigenvalue weighted by atomic mass is 10.2. The first-order chi connectivity index (χ1) is 13.6. The average molecular weight is 397 g/mol. The summed E-state index contributed by atoms with van der Waals surface area (Å²) in [4.78, 5) is 21.2. The summed E-state index contributed by atoms with van der Waals surface area (Å²) < 4.78 is 11.0. The molecule has 0 saturated carbocycles. The Balaban J connectivity index is 1.52. The summed E-state index contributed by atoms with van der Waals surface area (Å²) in [5, 5.41) is 6.61. The number of halogens is 1. The van der Waals surface area contributed by atoms with Crippen LogP contribution >= 0.6 is 11.6 Å². The smallest absolute Gasteiger partial charge is 0.274 e. The maximum absolute atomic E-state index is 12.7. The van der Waals surface area contributed by atoms with Crippen LogP contribution in [0.4, 0.5) is 17.2 Å². The van der Waals surface area contributed by atoms with Gasteiger partial charge in [-0.05, 0) is 43.3 Å². The zero-order valence-corrected chi connectivity index (χ0v) is 15.8. The van der Waals surface area contributed by atoms with Gasteiger partial charge < -0.3 is 20.1 Å². The van der Waals surface area contributed by atoms with Gasteiger partial charge >= 0.3 is 0 Å².